The van der Waals surface area contributed by atoms with Gasteiger partial charge in [-0.05, 0) is 50.2 Å². The number of carbonyl (C=O) groups is 2. The molecule has 1 aliphatic carbocycles. The molecular weight excluding hydrogens is 372 g/mol. The third kappa shape index (κ3) is 4.55. The molecule has 5 nitrogen and oxygen atoms in total. The third-order valence-corrected chi connectivity index (χ3v) is 6.28. The van der Waals surface area contributed by atoms with Crippen molar-refractivity contribution < 1.29 is 14.3 Å². The highest BCUT2D eigenvalue weighted by Crippen LogP contribution is 2.51. The normalized spacial score (nSPS) is 23.4. The Bertz CT molecular complexity index is 806. The van der Waals surface area contributed by atoms with Gasteiger partial charge in [0.05, 0.1) is 4.88 Å². The lowest BCUT2D eigenvalue weighted by atomic mass is 10.2. The topological polar surface area (TPSA) is 58.6 Å². The van der Waals surface area contributed by atoms with E-state index in [9.17, 15) is 9.59 Å². The number of fused-ring (bicyclic) bond motifs is 1. The van der Waals surface area contributed by atoms with E-state index in [0.717, 1.165) is 23.5 Å². The first-order valence-corrected chi connectivity index (χ1v) is 10.4. The minimum Gasteiger partial charge on any atom is -0.444 e. The predicted molar refractivity (Wildman–Crippen MR) is 114 cm³/mol. The average molecular weight is 401 g/mol. The zero-order valence-corrected chi connectivity index (χ0v) is 17.6. The van der Waals surface area contributed by atoms with Crippen molar-refractivity contribution in [3.05, 3.63) is 46.7 Å². The van der Waals surface area contributed by atoms with E-state index < -0.39 is 5.60 Å². The van der Waals surface area contributed by atoms with Gasteiger partial charge in [0, 0.05) is 24.5 Å². The van der Waals surface area contributed by atoms with Gasteiger partial charge in [0.25, 0.3) is 5.91 Å². The van der Waals surface area contributed by atoms with Crippen molar-refractivity contribution >= 4 is 35.5 Å². The Morgan fingerprint density at radius 2 is 2.00 bits per heavy atom. The highest BCUT2D eigenvalue weighted by molar-refractivity contribution is 7.15. The molecule has 1 aromatic rings. The molecule has 1 aliphatic heterocycles. The molecule has 1 unspecified atom stereocenters. The summed E-state index contributed by atoms with van der Waals surface area (Å²) in [5.74, 6) is 1.32. The molecule has 6 heteroatoms. The summed E-state index contributed by atoms with van der Waals surface area (Å²) >= 11 is 1.44. The molecule has 0 bridgehead atoms. The van der Waals surface area contributed by atoms with Crippen molar-refractivity contribution in [1.82, 2.24) is 10.2 Å². The van der Waals surface area contributed by atoms with Gasteiger partial charge >= 0.3 is 6.09 Å². The molecule has 150 valence electrons. The number of rotatable bonds is 6. The van der Waals surface area contributed by atoms with E-state index in [2.05, 4.69) is 18.5 Å². The predicted octanol–water partition coefficient (Wildman–Crippen LogP) is 4.43. The Labute approximate surface area is 170 Å². The largest absolute Gasteiger partial charge is 0.444 e. The van der Waals surface area contributed by atoms with Crippen LogP contribution in [-0.2, 0) is 4.74 Å². The summed E-state index contributed by atoms with van der Waals surface area (Å²) in [6, 6.07) is 1.88. The quantitative estimate of drug-likeness (QED) is 0.719. The van der Waals surface area contributed by atoms with E-state index in [1.165, 1.54) is 11.3 Å². The van der Waals surface area contributed by atoms with Crippen LogP contribution in [-0.4, -0.2) is 42.1 Å². The number of carbonyl (C=O) groups excluding carboxylic acids is 2. The Kier molecular flexibility index (Phi) is 5.79. The van der Waals surface area contributed by atoms with Gasteiger partial charge in [0.1, 0.15) is 5.60 Å². The Morgan fingerprint density at radius 1 is 1.32 bits per heavy atom. The molecule has 2 amide bonds. The smallest absolute Gasteiger partial charge is 0.410 e. The number of amides is 2. The maximum Gasteiger partial charge on any atom is 0.410 e. The van der Waals surface area contributed by atoms with Crippen molar-refractivity contribution in [2.75, 3.05) is 19.6 Å². The zero-order chi connectivity index (χ0) is 20.5. The van der Waals surface area contributed by atoms with Crippen LogP contribution >= 0.6 is 11.3 Å². The van der Waals surface area contributed by atoms with Gasteiger partial charge < -0.3 is 15.0 Å². The van der Waals surface area contributed by atoms with Gasteiger partial charge in [-0.15, -0.1) is 11.3 Å². The molecule has 28 heavy (non-hydrogen) atoms. The third-order valence-electron chi connectivity index (χ3n) is 5.13. The van der Waals surface area contributed by atoms with Gasteiger partial charge in [-0.2, -0.15) is 0 Å². The van der Waals surface area contributed by atoms with Crippen molar-refractivity contribution in [3.63, 3.8) is 0 Å². The molecule has 0 spiro atoms. The maximum absolute atomic E-state index is 12.5. The highest BCUT2D eigenvalue weighted by atomic mass is 32.1. The average Bonchev–Trinajstić information content (AvgIpc) is 3.00. The summed E-state index contributed by atoms with van der Waals surface area (Å²) in [7, 11) is 0. The lowest BCUT2D eigenvalue weighted by Crippen LogP contribution is -2.38. The molecule has 0 aromatic carbocycles. The Hall–Kier alpha value is -2.34. The summed E-state index contributed by atoms with van der Waals surface area (Å²) in [6.45, 7) is 15.2. The van der Waals surface area contributed by atoms with Crippen LogP contribution in [0.3, 0.4) is 0 Å². The van der Waals surface area contributed by atoms with E-state index in [0.29, 0.717) is 29.2 Å². The van der Waals surface area contributed by atoms with Crippen molar-refractivity contribution in [3.8, 4) is 0 Å². The molecule has 1 N–H and O–H groups in total. The van der Waals surface area contributed by atoms with Crippen LogP contribution in [0.5, 0.6) is 0 Å². The van der Waals surface area contributed by atoms with Gasteiger partial charge in [-0.1, -0.05) is 37.5 Å². The number of ether oxygens (including phenoxy) is 1. The van der Waals surface area contributed by atoms with Crippen LogP contribution in [0, 0.1) is 17.8 Å². The number of nitrogens with zero attached hydrogens (tertiary/aromatic N) is 1. The number of hydrogen-bond acceptors (Lipinski definition) is 4. The number of piperidine rings is 1. The van der Waals surface area contributed by atoms with E-state index in [-0.39, 0.29) is 12.0 Å². The second kappa shape index (κ2) is 7.95. The first-order valence-electron chi connectivity index (χ1n) is 9.55. The van der Waals surface area contributed by atoms with Crippen LogP contribution in [0.1, 0.15) is 40.9 Å². The summed E-state index contributed by atoms with van der Waals surface area (Å²) in [5.41, 5.74) is 0.503. The highest BCUT2D eigenvalue weighted by Gasteiger charge is 2.56. The molecule has 3 atom stereocenters. The summed E-state index contributed by atoms with van der Waals surface area (Å²) in [5, 5.41) is 3.05. The number of likely N-dealkylation sites (tertiary alicyclic amines) is 1. The van der Waals surface area contributed by atoms with Crippen molar-refractivity contribution in [1.29, 1.82) is 0 Å². The van der Waals surface area contributed by atoms with E-state index in [4.69, 9.17) is 4.74 Å². The number of nitrogens with one attached hydrogen (secondary N) is 1. The fourth-order valence-electron chi connectivity index (χ4n) is 3.72. The maximum atomic E-state index is 12.5. The minimum atomic E-state index is -0.470. The van der Waals surface area contributed by atoms with Crippen molar-refractivity contribution in [2.45, 2.75) is 26.4 Å². The number of thiophene rings is 1. The lowest BCUT2D eigenvalue weighted by molar-refractivity contribution is 0.0265. The van der Waals surface area contributed by atoms with Crippen LogP contribution in [0.4, 0.5) is 4.79 Å². The van der Waals surface area contributed by atoms with Crippen molar-refractivity contribution in [2.24, 2.45) is 17.8 Å². The standard InChI is InChI=1S/C22H28N2O3S/c1-6-8-9-14-10-19(28-18(14)7-2)20(25)23-11-15-16-12-24(13-17(15)16)21(26)27-22(3,4)5/h6-10,15-17H,1-2,11-13H2,3-5H3,(H,23,25)/b9-8-/t15?,16-,17+. The zero-order valence-electron chi connectivity index (χ0n) is 16.7. The van der Waals surface area contributed by atoms with Gasteiger partial charge in [-0.3, -0.25) is 4.79 Å². The van der Waals surface area contributed by atoms with E-state index in [1.807, 2.05) is 39.0 Å². The lowest BCUT2D eigenvalue weighted by Gasteiger charge is -2.25. The molecule has 2 heterocycles. The van der Waals surface area contributed by atoms with Crippen LogP contribution in [0.25, 0.3) is 12.2 Å². The number of allylic oxidation sites excluding steroid dienone is 2. The molecule has 0 radical (unpaired) electrons. The Balaban J connectivity index is 1.48. The van der Waals surface area contributed by atoms with Gasteiger partial charge in [0.2, 0.25) is 0 Å². The van der Waals surface area contributed by atoms with E-state index in [1.54, 1.807) is 17.1 Å². The monoisotopic (exact) mass is 400 g/mol. The summed E-state index contributed by atoms with van der Waals surface area (Å²) < 4.78 is 5.43. The van der Waals surface area contributed by atoms with Crippen LogP contribution in [0.15, 0.2) is 31.4 Å². The van der Waals surface area contributed by atoms with E-state index >= 15 is 0 Å². The molecule has 2 aliphatic rings. The summed E-state index contributed by atoms with van der Waals surface area (Å²) in [6.07, 6.45) is 7.00. The fraction of sp³-hybridized carbons (Fsp3) is 0.455. The molecule has 3 rings (SSSR count). The molecule has 1 saturated carbocycles. The SMILES string of the molecule is C=C/C=C\c1cc(C(=O)NCC2[C@H]3CN(C(=O)OC(C)(C)C)C[C@@H]23)sc1C=C. The molecule has 1 aromatic heterocycles. The molecule has 1 saturated heterocycles. The molecular formula is C22H28N2O3S. The van der Waals surface area contributed by atoms with Crippen LogP contribution < -0.4 is 5.32 Å². The minimum absolute atomic E-state index is 0.0553. The van der Waals surface area contributed by atoms with Crippen LogP contribution in [0.2, 0.25) is 0 Å². The first kappa shape index (κ1) is 20.4. The number of hydrogen-bond donors (Lipinski definition) is 1. The fourth-order valence-corrected chi connectivity index (χ4v) is 4.63. The van der Waals surface area contributed by atoms with Gasteiger partial charge in [-0.25, -0.2) is 4.79 Å². The molecule has 2 fully saturated rings. The Morgan fingerprint density at radius 3 is 2.57 bits per heavy atom. The summed E-state index contributed by atoms with van der Waals surface area (Å²) in [4.78, 5) is 28.1. The second-order valence-corrected chi connectivity index (χ2v) is 9.40. The first-order chi connectivity index (χ1) is 13.2. The van der Waals surface area contributed by atoms with Gasteiger partial charge in [0.15, 0.2) is 0 Å². The second-order valence-electron chi connectivity index (χ2n) is 8.32.